The van der Waals surface area contributed by atoms with E-state index in [1.165, 1.54) is 18.3 Å². The van der Waals surface area contributed by atoms with Gasteiger partial charge in [-0.2, -0.15) is 0 Å². The van der Waals surface area contributed by atoms with Crippen molar-refractivity contribution in [3.05, 3.63) is 22.4 Å². The number of aliphatic hydroxyl groups is 1. The van der Waals surface area contributed by atoms with E-state index in [1.54, 1.807) is 12.1 Å². The van der Waals surface area contributed by atoms with Crippen molar-refractivity contribution < 1.29 is 15.0 Å². The number of rotatable bonds is 3. The maximum atomic E-state index is 10.5. The van der Waals surface area contributed by atoms with E-state index in [-0.39, 0.29) is 0 Å². The average molecular weight is 186 g/mol. The van der Waals surface area contributed by atoms with Crippen LogP contribution in [0.2, 0.25) is 0 Å². The molecule has 66 valence electrons. The summed E-state index contributed by atoms with van der Waals surface area (Å²) in [5.41, 5.74) is 0. The summed E-state index contributed by atoms with van der Waals surface area (Å²) in [5, 5.41) is 19.9. The molecule has 1 rings (SSSR count). The Labute approximate surface area is 74.3 Å². The highest BCUT2D eigenvalue weighted by Crippen LogP contribution is 2.25. The van der Waals surface area contributed by atoms with E-state index in [2.05, 4.69) is 0 Å². The lowest BCUT2D eigenvalue weighted by molar-refractivity contribution is -0.144. The molecule has 2 N–H and O–H groups in total. The van der Waals surface area contributed by atoms with Gasteiger partial charge < -0.3 is 10.2 Å². The molecule has 0 aliphatic rings. The molecule has 0 aliphatic heterocycles. The summed E-state index contributed by atoms with van der Waals surface area (Å²) >= 11 is 1.36. The fourth-order valence-electron chi connectivity index (χ4n) is 0.841. The van der Waals surface area contributed by atoms with Crippen LogP contribution in [-0.4, -0.2) is 16.2 Å². The fourth-order valence-corrected chi connectivity index (χ4v) is 1.66. The lowest BCUT2D eigenvalue weighted by Gasteiger charge is -2.12. The summed E-state index contributed by atoms with van der Waals surface area (Å²) in [5.74, 6) is -1.72. The first-order valence-electron chi connectivity index (χ1n) is 3.57. The number of carbonyl (C=O) groups is 1. The van der Waals surface area contributed by atoms with Crippen LogP contribution in [-0.2, 0) is 4.79 Å². The quantitative estimate of drug-likeness (QED) is 0.752. The Kier molecular flexibility index (Phi) is 2.83. The van der Waals surface area contributed by atoms with Gasteiger partial charge in [-0.1, -0.05) is 6.07 Å². The van der Waals surface area contributed by atoms with Crippen molar-refractivity contribution in [3.63, 3.8) is 0 Å². The van der Waals surface area contributed by atoms with E-state index < -0.39 is 18.0 Å². The molecule has 0 amide bonds. The molecular formula is C8H10O3S. The van der Waals surface area contributed by atoms with Gasteiger partial charge in [0, 0.05) is 4.88 Å². The van der Waals surface area contributed by atoms with Crippen LogP contribution in [0.5, 0.6) is 0 Å². The minimum atomic E-state index is -0.976. The van der Waals surface area contributed by atoms with Crippen LogP contribution in [0.25, 0.3) is 0 Å². The first-order valence-corrected chi connectivity index (χ1v) is 4.45. The highest BCUT2D eigenvalue weighted by atomic mass is 32.1. The van der Waals surface area contributed by atoms with Crippen LogP contribution in [0.4, 0.5) is 0 Å². The second-order valence-corrected chi connectivity index (χ2v) is 3.57. The zero-order chi connectivity index (χ0) is 9.14. The number of thiophene rings is 1. The minimum Gasteiger partial charge on any atom is -0.481 e. The molecule has 0 spiro atoms. The highest BCUT2D eigenvalue weighted by Gasteiger charge is 2.23. The second-order valence-electron chi connectivity index (χ2n) is 2.59. The van der Waals surface area contributed by atoms with Crippen LogP contribution in [0.15, 0.2) is 17.5 Å². The van der Waals surface area contributed by atoms with E-state index in [4.69, 9.17) is 5.11 Å². The lowest BCUT2D eigenvalue weighted by atomic mass is 10.0. The Balaban J connectivity index is 2.71. The fraction of sp³-hybridized carbons (Fsp3) is 0.375. The number of aliphatic hydroxyl groups excluding tert-OH is 1. The molecule has 4 heteroatoms. The predicted molar refractivity (Wildman–Crippen MR) is 46.1 cm³/mol. The van der Waals surface area contributed by atoms with Gasteiger partial charge in [0.1, 0.15) is 6.10 Å². The molecule has 3 nitrogen and oxygen atoms in total. The van der Waals surface area contributed by atoms with Gasteiger partial charge in [-0.05, 0) is 18.4 Å². The molecule has 0 aliphatic carbocycles. The van der Waals surface area contributed by atoms with Crippen molar-refractivity contribution in [2.45, 2.75) is 13.0 Å². The van der Waals surface area contributed by atoms with Crippen molar-refractivity contribution in [2.24, 2.45) is 5.92 Å². The predicted octanol–water partition coefficient (Wildman–Crippen LogP) is 1.50. The highest BCUT2D eigenvalue weighted by molar-refractivity contribution is 7.10. The Morgan fingerprint density at radius 1 is 1.67 bits per heavy atom. The molecule has 2 atom stereocenters. The van der Waals surface area contributed by atoms with Gasteiger partial charge in [0.05, 0.1) is 5.92 Å². The topological polar surface area (TPSA) is 57.5 Å². The van der Waals surface area contributed by atoms with Crippen LogP contribution in [0, 0.1) is 5.92 Å². The zero-order valence-corrected chi connectivity index (χ0v) is 7.41. The van der Waals surface area contributed by atoms with Crippen molar-refractivity contribution in [1.82, 2.24) is 0 Å². The van der Waals surface area contributed by atoms with Gasteiger partial charge >= 0.3 is 5.97 Å². The van der Waals surface area contributed by atoms with Crippen LogP contribution in [0.1, 0.15) is 17.9 Å². The van der Waals surface area contributed by atoms with E-state index in [1.807, 2.05) is 5.38 Å². The third kappa shape index (κ3) is 1.84. The third-order valence-electron chi connectivity index (χ3n) is 1.70. The van der Waals surface area contributed by atoms with Gasteiger partial charge in [-0.3, -0.25) is 4.79 Å². The number of carboxylic acid groups (broad SMARTS) is 1. The maximum absolute atomic E-state index is 10.5. The molecule has 0 fully saturated rings. The van der Waals surface area contributed by atoms with Crippen LogP contribution < -0.4 is 0 Å². The van der Waals surface area contributed by atoms with Crippen LogP contribution in [0.3, 0.4) is 0 Å². The maximum Gasteiger partial charge on any atom is 0.309 e. The number of aliphatic carboxylic acids is 1. The summed E-state index contributed by atoms with van der Waals surface area (Å²) in [7, 11) is 0. The average Bonchev–Trinajstić information content (AvgIpc) is 2.53. The third-order valence-corrected chi connectivity index (χ3v) is 2.64. The molecule has 1 unspecified atom stereocenters. The summed E-state index contributed by atoms with van der Waals surface area (Å²) in [6, 6.07) is 3.52. The molecule has 12 heavy (non-hydrogen) atoms. The standard InChI is InChI=1S/C8H10O3S/c1-5(8(10)11)7(9)6-3-2-4-12-6/h2-5,7,9H,1H3,(H,10,11)/t5?,7-/m0/s1. The molecule has 0 aromatic carbocycles. The summed E-state index contributed by atoms with van der Waals surface area (Å²) in [4.78, 5) is 11.2. The number of hydrogen-bond donors (Lipinski definition) is 2. The SMILES string of the molecule is CC(C(=O)O)[C@H](O)c1cccs1. The Bertz CT molecular complexity index is 255. The summed E-state index contributed by atoms with van der Waals surface area (Å²) in [6.45, 7) is 1.49. The Morgan fingerprint density at radius 3 is 2.75 bits per heavy atom. The van der Waals surface area contributed by atoms with Crippen molar-refractivity contribution >= 4 is 17.3 Å². The Hall–Kier alpha value is -0.870. The number of hydrogen-bond acceptors (Lipinski definition) is 3. The van der Waals surface area contributed by atoms with Crippen molar-refractivity contribution in [3.8, 4) is 0 Å². The van der Waals surface area contributed by atoms with Gasteiger partial charge in [0.15, 0.2) is 0 Å². The summed E-state index contributed by atoms with van der Waals surface area (Å²) < 4.78 is 0. The molecule has 0 saturated heterocycles. The smallest absolute Gasteiger partial charge is 0.309 e. The van der Waals surface area contributed by atoms with E-state index in [0.29, 0.717) is 4.88 Å². The van der Waals surface area contributed by atoms with E-state index in [0.717, 1.165) is 0 Å². The van der Waals surface area contributed by atoms with Crippen LogP contribution >= 0.6 is 11.3 Å². The molecule has 0 bridgehead atoms. The molecule has 1 heterocycles. The molecule has 0 radical (unpaired) electrons. The second kappa shape index (κ2) is 3.69. The van der Waals surface area contributed by atoms with Gasteiger partial charge in [-0.25, -0.2) is 0 Å². The monoisotopic (exact) mass is 186 g/mol. The van der Waals surface area contributed by atoms with Crippen molar-refractivity contribution in [1.29, 1.82) is 0 Å². The van der Waals surface area contributed by atoms with Gasteiger partial charge in [-0.15, -0.1) is 11.3 Å². The van der Waals surface area contributed by atoms with Gasteiger partial charge in [0.25, 0.3) is 0 Å². The largest absolute Gasteiger partial charge is 0.481 e. The lowest BCUT2D eigenvalue weighted by Crippen LogP contribution is -2.17. The molecule has 1 aromatic heterocycles. The molecular weight excluding hydrogens is 176 g/mol. The zero-order valence-electron chi connectivity index (χ0n) is 6.60. The Morgan fingerprint density at radius 2 is 2.33 bits per heavy atom. The molecule has 0 saturated carbocycles. The number of carboxylic acids is 1. The first-order chi connectivity index (χ1) is 5.63. The summed E-state index contributed by atoms with van der Waals surface area (Å²) in [6.07, 6.45) is -0.887. The van der Waals surface area contributed by atoms with E-state index in [9.17, 15) is 9.90 Å². The van der Waals surface area contributed by atoms with Crippen molar-refractivity contribution in [2.75, 3.05) is 0 Å². The minimum absolute atomic E-state index is 0.699. The first kappa shape index (κ1) is 9.22. The molecule has 1 aromatic rings. The van der Waals surface area contributed by atoms with E-state index >= 15 is 0 Å². The normalized spacial score (nSPS) is 15.5. The van der Waals surface area contributed by atoms with Gasteiger partial charge in [0.2, 0.25) is 0 Å².